The molecule has 1 unspecified atom stereocenters. The number of halogens is 1. The van der Waals surface area contributed by atoms with Gasteiger partial charge in [-0.3, -0.25) is 0 Å². The van der Waals surface area contributed by atoms with Crippen LogP contribution >= 0.6 is 0 Å². The van der Waals surface area contributed by atoms with E-state index in [0.717, 1.165) is 23.5 Å². The summed E-state index contributed by atoms with van der Waals surface area (Å²) in [5.41, 5.74) is 1.91. The Morgan fingerprint density at radius 1 is 1.30 bits per heavy atom. The zero-order chi connectivity index (χ0) is 21.5. The van der Waals surface area contributed by atoms with Gasteiger partial charge in [0, 0.05) is 26.8 Å². The van der Waals surface area contributed by atoms with Crippen LogP contribution in [-0.4, -0.2) is 38.2 Å². The molecule has 0 aliphatic heterocycles. The first-order valence-electron chi connectivity index (χ1n) is 10.6. The smallest absolute Gasteiger partial charge is 0.192 e. The summed E-state index contributed by atoms with van der Waals surface area (Å²) in [5, 5.41) is 6.61. The molecule has 0 spiro atoms. The van der Waals surface area contributed by atoms with Crippen molar-refractivity contribution >= 4 is 11.8 Å². The van der Waals surface area contributed by atoms with Crippen LogP contribution in [0.2, 0.25) is 0 Å². The highest BCUT2D eigenvalue weighted by molar-refractivity contribution is 5.80. The normalized spacial score (nSPS) is 14.9. The Kier molecular flexibility index (Phi) is 7.49. The summed E-state index contributed by atoms with van der Waals surface area (Å²) in [6.07, 6.45) is 4.16. The summed E-state index contributed by atoms with van der Waals surface area (Å²) < 4.78 is 20.0. The number of nitrogens with one attached hydrogen (secondary N) is 2. The molecule has 2 N–H and O–H groups in total. The number of guanidine groups is 1. The first-order chi connectivity index (χ1) is 14.5. The van der Waals surface area contributed by atoms with Crippen LogP contribution in [0.3, 0.4) is 0 Å². The van der Waals surface area contributed by atoms with Crippen molar-refractivity contribution in [3.63, 3.8) is 0 Å². The second kappa shape index (κ2) is 10.3. The molecule has 1 aromatic carbocycles. The molecule has 6 nitrogen and oxygen atoms in total. The van der Waals surface area contributed by atoms with E-state index in [0.29, 0.717) is 30.8 Å². The number of aromatic nitrogens is 1. The maximum absolute atomic E-state index is 14.4. The Morgan fingerprint density at radius 2 is 2.10 bits per heavy atom. The summed E-state index contributed by atoms with van der Waals surface area (Å²) >= 11 is 0. The van der Waals surface area contributed by atoms with Crippen LogP contribution in [0, 0.1) is 11.7 Å². The highest BCUT2D eigenvalue weighted by atomic mass is 19.1. The molecule has 0 radical (unpaired) electrons. The summed E-state index contributed by atoms with van der Waals surface area (Å²) in [4.78, 5) is 11.0. The lowest BCUT2D eigenvalue weighted by molar-refractivity contribution is 0.285. The third-order valence-corrected chi connectivity index (χ3v) is 5.01. The molecule has 3 rings (SSSR count). The molecule has 1 aliphatic carbocycles. The molecule has 162 valence electrons. The van der Waals surface area contributed by atoms with Gasteiger partial charge in [-0.15, -0.1) is 0 Å². The molecule has 1 fully saturated rings. The zero-order valence-corrected chi connectivity index (χ0v) is 18.3. The molecular formula is C23H32FN5O. The number of benzene rings is 1. The van der Waals surface area contributed by atoms with Gasteiger partial charge in [-0.05, 0) is 68.0 Å². The molecule has 1 saturated carbocycles. The fourth-order valence-corrected chi connectivity index (χ4v) is 2.98. The minimum atomic E-state index is -0.322. The molecule has 0 saturated heterocycles. The molecule has 1 atom stereocenters. The van der Waals surface area contributed by atoms with Crippen molar-refractivity contribution in [3.05, 3.63) is 53.5 Å². The lowest BCUT2D eigenvalue weighted by Crippen LogP contribution is -2.38. The minimum Gasteiger partial charge on any atom is -0.490 e. The van der Waals surface area contributed by atoms with E-state index in [1.165, 1.54) is 18.9 Å². The van der Waals surface area contributed by atoms with E-state index in [1.807, 2.05) is 51.0 Å². The highest BCUT2D eigenvalue weighted by Crippen LogP contribution is 2.30. The van der Waals surface area contributed by atoms with Gasteiger partial charge in [0.05, 0.1) is 19.2 Å². The van der Waals surface area contributed by atoms with Crippen LogP contribution in [-0.2, 0) is 6.54 Å². The zero-order valence-electron chi connectivity index (χ0n) is 18.3. The number of anilines is 1. The van der Waals surface area contributed by atoms with Gasteiger partial charge in [-0.2, -0.15) is 0 Å². The molecule has 0 bridgehead atoms. The van der Waals surface area contributed by atoms with Gasteiger partial charge in [0.1, 0.15) is 5.82 Å². The van der Waals surface area contributed by atoms with Crippen molar-refractivity contribution in [1.82, 2.24) is 15.6 Å². The standard InChI is InChI=1S/C23H32FN5O/c1-5-25-23(27-14-18-10-11-26-22(12-18)29(3)4)28-16(2)19-8-9-21(20(24)13-19)30-15-17-6-7-17/h8-13,16-17H,5-7,14-15H2,1-4H3,(H2,25,27,28). The summed E-state index contributed by atoms with van der Waals surface area (Å²) in [5.74, 6) is 2.18. The van der Waals surface area contributed by atoms with Crippen LogP contribution in [0.15, 0.2) is 41.5 Å². The van der Waals surface area contributed by atoms with E-state index in [1.54, 1.807) is 12.3 Å². The second-order valence-electron chi connectivity index (χ2n) is 7.92. The van der Waals surface area contributed by atoms with Gasteiger partial charge in [0.25, 0.3) is 0 Å². The number of pyridine rings is 1. The Balaban J connectivity index is 1.64. The van der Waals surface area contributed by atoms with Crippen LogP contribution in [0.4, 0.5) is 10.2 Å². The molecule has 2 aromatic rings. The Morgan fingerprint density at radius 3 is 2.77 bits per heavy atom. The fraction of sp³-hybridized carbons (Fsp3) is 0.478. The van der Waals surface area contributed by atoms with Crippen LogP contribution in [0.25, 0.3) is 0 Å². The molecule has 0 amide bonds. The monoisotopic (exact) mass is 413 g/mol. The van der Waals surface area contributed by atoms with E-state index in [4.69, 9.17) is 4.74 Å². The molecule has 1 heterocycles. The van der Waals surface area contributed by atoms with Crippen molar-refractivity contribution in [2.24, 2.45) is 10.9 Å². The minimum absolute atomic E-state index is 0.107. The summed E-state index contributed by atoms with van der Waals surface area (Å²) in [7, 11) is 3.92. The Hall–Kier alpha value is -2.83. The van der Waals surface area contributed by atoms with Crippen molar-refractivity contribution in [3.8, 4) is 5.75 Å². The Bertz CT molecular complexity index is 866. The topological polar surface area (TPSA) is 61.8 Å². The first-order valence-corrected chi connectivity index (χ1v) is 10.6. The van der Waals surface area contributed by atoms with Crippen molar-refractivity contribution < 1.29 is 9.13 Å². The first kappa shape index (κ1) is 21.9. The van der Waals surface area contributed by atoms with E-state index in [9.17, 15) is 4.39 Å². The van der Waals surface area contributed by atoms with Crippen molar-refractivity contribution in [1.29, 1.82) is 0 Å². The number of nitrogens with zero attached hydrogens (tertiary/aromatic N) is 3. The predicted molar refractivity (Wildman–Crippen MR) is 120 cm³/mol. The maximum Gasteiger partial charge on any atom is 0.192 e. The summed E-state index contributed by atoms with van der Waals surface area (Å²) in [6, 6.07) is 9.03. The van der Waals surface area contributed by atoms with Gasteiger partial charge >= 0.3 is 0 Å². The molecule has 1 aromatic heterocycles. The molecular weight excluding hydrogens is 381 g/mol. The van der Waals surface area contributed by atoms with Crippen LogP contribution in [0.1, 0.15) is 43.9 Å². The van der Waals surface area contributed by atoms with Gasteiger partial charge in [-0.1, -0.05) is 6.07 Å². The quantitative estimate of drug-likeness (QED) is 0.482. The molecule has 7 heteroatoms. The van der Waals surface area contributed by atoms with Crippen molar-refractivity contribution in [2.45, 2.75) is 39.3 Å². The maximum atomic E-state index is 14.4. The lowest BCUT2D eigenvalue weighted by Gasteiger charge is -2.19. The average molecular weight is 414 g/mol. The second-order valence-corrected chi connectivity index (χ2v) is 7.92. The average Bonchev–Trinajstić information content (AvgIpc) is 3.56. The van der Waals surface area contributed by atoms with E-state index >= 15 is 0 Å². The van der Waals surface area contributed by atoms with E-state index in [2.05, 4.69) is 20.6 Å². The third-order valence-electron chi connectivity index (χ3n) is 5.01. The third kappa shape index (κ3) is 6.34. The van der Waals surface area contributed by atoms with Crippen molar-refractivity contribution in [2.75, 3.05) is 32.1 Å². The van der Waals surface area contributed by atoms with Crippen LogP contribution in [0.5, 0.6) is 5.75 Å². The van der Waals surface area contributed by atoms with Gasteiger partial charge in [-0.25, -0.2) is 14.4 Å². The fourth-order valence-electron chi connectivity index (χ4n) is 2.98. The van der Waals surface area contributed by atoms with Gasteiger partial charge in [0.2, 0.25) is 0 Å². The number of hydrogen-bond donors (Lipinski definition) is 2. The number of rotatable bonds is 9. The number of hydrogen-bond acceptors (Lipinski definition) is 4. The predicted octanol–water partition coefficient (Wildman–Crippen LogP) is 3.89. The SMILES string of the molecule is CCNC(=NCc1ccnc(N(C)C)c1)NC(C)c1ccc(OCC2CC2)c(F)c1. The largest absolute Gasteiger partial charge is 0.490 e. The van der Waals surface area contributed by atoms with Gasteiger partial charge < -0.3 is 20.3 Å². The highest BCUT2D eigenvalue weighted by Gasteiger charge is 2.22. The number of aliphatic imine (C=N–C) groups is 1. The molecule has 1 aliphatic rings. The van der Waals surface area contributed by atoms with Crippen LogP contribution < -0.4 is 20.3 Å². The number of ether oxygens (including phenoxy) is 1. The van der Waals surface area contributed by atoms with E-state index < -0.39 is 0 Å². The summed E-state index contributed by atoms with van der Waals surface area (Å²) in [6.45, 7) is 5.87. The van der Waals surface area contributed by atoms with E-state index in [-0.39, 0.29) is 11.9 Å². The van der Waals surface area contributed by atoms with Gasteiger partial charge in [0.15, 0.2) is 17.5 Å². The molecule has 30 heavy (non-hydrogen) atoms. The lowest BCUT2D eigenvalue weighted by atomic mass is 10.1. The Labute approximate surface area is 178 Å².